The van der Waals surface area contributed by atoms with E-state index in [0.29, 0.717) is 4.47 Å². The number of ether oxygens (including phenoxy) is 4. The molecule has 1 fully saturated rings. The lowest BCUT2D eigenvalue weighted by Gasteiger charge is -2.32. The molecule has 5 rings (SSSR count). The number of hydrogen-bond acceptors (Lipinski definition) is 6. The highest BCUT2D eigenvalue weighted by molar-refractivity contribution is 9.10. The van der Waals surface area contributed by atoms with E-state index < -0.39 is 65.8 Å². The van der Waals surface area contributed by atoms with Crippen LogP contribution in [0, 0.1) is 0 Å². The Kier molecular flexibility index (Phi) is 6.79. The first-order valence-corrected chi connectivity index (χ1v) is 11.5. The average molecular weight is 621 g/mol. The van der Waals surface area contributed by atoms with Crippen LogP contribution in [0.15, 0.2) is 40.9 Å². The molecule has 3 aliphatic rings. The molecule has 0 spiro atoms. The molecular formula is C22H18BBrF8O6. The van der Waals surface area contributed by atoms with Gasteiger partial charge in [0.25, 0.3) is 0 Å². The highest BCUT2D eigenvalue weighted by atomic mass is 79.9. The molecule has 0 aromatic heterocycles. The molecule has 0 bridgehead atoms. The molecule has 2 aromatic rings. The number of fused-ring (bicyclic) bond motifs is 2. The van der Waals surface area contributed by atoms with E-state index in [0.717, 1.165) is 24.3 Å². The normalized spacial score (nSPS) is 24.6. The van der Waals surface area contributed by atoms with Gasteiger partial charge in [-0.05, 0) is 63.5 Å². The second-order valence-electron chi connectivity index (χ2n) is 9.35. The van der Waals surface area contributed by atoms with Crippen molar-refractivity contribution < 1.29 is 63.4 Å². The number of hydrogen-bond donors (Lipinski definition) is 0. The summed E-state index contributed by atoms with van der Waals surface area (Å²) >= 11 is 2.94. The van der Waals surface area contributed by atoms with Gasteiger partial charge in [0, 0.05) is 4.47 Å². The maximum absolute atomic E-state index is 13.8. The summed E-state index contributed by atoms with van der Waals surface area (Å²) in [5.74, 6) is -1.24. The molecule has 0 amide bonds. The molecule has 16 heteroatoms. The van der Waals surface area contributed by atoms with Crippen molar-refractivity contribution in [1.82, 2.24) is 0 Å². The lowest BCUT2D eigenvalue weighted by molar-refractivity contribution is -0.462. The van der Waals surface area contributed by atoms with E-state index in [-0.39, 0.29) is 5.46 Å². The fourth-order valence-corrected chi connectivity index (χ4v) is 3.88. The van der Waals surface area contributed by atoms with Crippen molar-refractivity contribution in [3.63, 3.8) is 0 Å². The molecule has 3 heterocycles. The van der Waals surface area contributed by atoms with E-state index >= 15 is 0 Å². The molecule has 208 valence electrons. The standard InChI is InChI=1S/C14H15BF4O4.C8H3BrF4O2/c1-11(2)12(3,4)23-15(22-11)8-5-6-10-9(7-8)13(16,17)21-14(18,19)20-10;9-4-1-2-6-5(3-4)7(10,11)15-8(12,13)14-6/h5-7H,1-4H3;1-3H. The van der Waals surface area contributed by atoms with Crippen LogP contribution in [0.3, 0.4) is 0 Å². The van der Waals surface area contributed by atoms with E-state index in [2.05, 4.69) is 34.9 Å². The summed E-state index contributed by atoms with van der Waals surface area (Å²) < 4.78 is 131. The van der Waals surface area contributed by atoms with Crippen molar-refractivity contribution in [3.8, 4) is 11.5 Å². The number of benzene rings is 2. The van der Waals surface area contributed by atoms with Gasteiger partial charge in [0.15, 0.2) is 0 Å². The summed E-state index contributed by atoms with van der Waals surface area (Å²) in [6.07, 6.45) is -17.0. The van der Waals surface area contributed by atoms with Gasteiger partial charge in [-0.3, -0.25) is 0 Å². The summed E-state index contributed by atoms with van der Waals surface area (Å²) in [5.41, 5.74) is -2.58. The molecule has 38 heavy (non-hydrogen) atoms. The van der Waals surface area contributed by atoms with Crippen LogP contribution in [0.4, 0.5) is 35.1 Å². The molecular weight excluding hydrogens is 603 g/mol. The maximum Gasteiger partial charge on any atom is 0.540 e. The molecule has 0 aliphatic carbocycles. The van der Waals surface area contributed by atoms with Crippen LogP contribution in [0.25, 0.3) is 0 Å². The minimum absolute atomic E-state index is 0.263. The average Bonchev–Trinajstić information content (AvgIpc) is 2.93. The largest absolute Gasteiger partial charge is 0.540 e. The van der Waals surface area contributed by atoms with Crippen LogP contribution < -0.4 is 14.9 Å². The van der Waals surface area contributed by atoms with Gasteiger partial charge in [-0.2, -0.15) is 17.6 Å². The summed E-state index contributed by atoms with van der Waals surface area (Å²) in [4.78, 5) is 0. The third-order valence-corrected chi connectivity index (χ3v) is 6.54. The Bertz CT molecular complexity index is 1230. The van der Waals surface area contributed by atoms with Crippen molar-refractivity contribution in [1.29, 1.82) is 0 Å². The molecule has 0 radical (unpaired) electrons. The van der Waals surface area contributed by atoms with Crippen LogP contribution in [-0.2, 0) is 31.0 Å². The van der Waals surface area contributed by atoms with E-state index in [1.54, 1.807) is 0 Å². The molecule has 0 N–H and O–H groups in total. The topological polar surface area (TPSA) is 55.4 Å². The van der Waals surface area contributed by atoms with E-state index in [1.165, 1.54) is 12.1 Å². The first-order chi connectivity index (χ1) is 17.1. The molecule has 2 aromatic carbocycles. The molecule has 0 saturated carbocycles. The molecule has 3 aliphatic heterocycles. The predicted molar refractivity (Wildman–Crippen MR) is 117 cm³/mol. The Balaban J connectivity index is 0.000000194. The Morgan fingerprint density at radius 2 is 1.05 bits per heavy atom. The lowest BCUT2D eigenvalue weighted by atomic mass is 9.78. The molecule has 0 atom stereocenters. The minimum atomic E-state index is -4.39. The smallest absolute Gasteiger partial charge is 0.409 e. The summed E-state index contributed by atoms with van der Waals surface area (Å²) in [6.45, 7) is 7.25. The van der Waals surface area contributed by atoms with Crippen LogP contribution in [0.5, 0.6) is 11.5 Å². The molecule has 0 unspecified atom stereocenters. The van der Waals surface area contributed by atoms with Crippen LogP contribution in [-0.4, -0.2) is 30.9 Å². The van der Waals surface area contributed by atoms with Gasteiger partial charge in [0.05, 0.1) is 22.3 Å². The third-order valence-electron chi connectivity index (χ3n) is 6.05. The fourth-order valence-electron chi connectivity index (χ4n) is 3.51. The van der Waals surface area contributed by atoms with Crippen molar-refractivity contribution in [2.45, 2.75) is 63.7 Å². The van der Waals surface area contributed by atoms with Crippen LogP contribution in [0.1, 0.15) is 38.8 Å². The zero-order chi connectivity index (χ0) is 28.5. The fraction of sp³-hybridized carbons (Fsp3) is 0.455. The number of rotatable bonds is 1. The van der Waals surface area contributed by atoms with Crippen LogP contribution >= 0.6 is 15.9 Å². The predicted octanol–water partition coefficient (Wildman–Crippen LogP) is 6.45. The quantitative estimate of drug-likeness (QED) is 0.270. The van der Waals surface area contributed by atoms with E-state index in [9.17, 15) is 35.1 Å². The van der Waals surface area contributed by atoms with Crippen molar-refractivity contribution in [2.24, 2.45) is 0 Å². The van der Waals surface area contributed by atoms with Gasteiger partial charge in [0.1, 0.15) is 11.5 Å². The third kappa shape index (κ3) is 5.59. The van der Waals surface area contributed by atoms with Gasteiger partial charge in [-0.25, -0.2) is 9.47 Å². The van der Waals surface area contributed by atoms with Gasteiger partial charge in [-0.1, -0.05) is 22.0 Å². The highest BCUT2D eigenvalue weighted by Gasteiger charge is 2.57. The Morgan fingerprint density at radius 3 is 1.53 bits per heavy atom. The zero-order valence-electron chi connectivity index (χ0n) is 19.9. The van der Waals surface area contributed by atoms with E-state index in [4.69, 9.17) is 9.31 Å². The summed E-state index contributed by atoms with van der Waals surface area (Å²) in [7, 11) is -0.900. The number of halogens is 9. The molecule has 6 nitrogen and oxygen atoms in total. The highest BCUT2D eigenvalue weighted by Crippen LogP contribution is 2.47. The van der Waals surface area contributed by atoms with E-state index in [1.807, 2.05) is 27.7 Å². The Hall–Kier alpha value is -2.14. The second-order valence-corrected chi connectivity index (χ2v) is 10.3. The van der Waals surface area contributed by atoms with Gasteiger partial charge < -0.3 is 18.8 Å². The van der Waals surface area contributed by atoms with Crippen LogP contribution in [0.2, 0.25) is 0 Å². The van der Waals surface area contributed by atoms with Gasteiger partial charge >= 0.3 is 31.9 Å². The van der Waals surface area contributed by atoms with Gasteiger partial charge in [-0.15, -0.1) is 17.6 Å². The maximum atomic E-state index is 13.8. The Labute approximate surface area is 219 Å². The summed E-state index contributed by atoms with van der Waals surface area (Å²) in [6, 6.07) is 6.66. The first kappa shape index (κ1) is 28.9. The zero-order valence-corrected chi connectivity index (χ0v) is 21.5. The summed E-state index contributed by atoms with van der Waals surface area (Å²) in [5, 5.41) is 0. The van der Waals surface area contributed by atoms with Crippen molar-refractivity contribution in [3.05, 3.63) is 52.0 Å². The Morgan fingerprint density at radius 1 is 0.632 bits per heavy atom. The van der Waals surface area contributed by atoms with Crippen molar-refractivity contribution >= 4 is 28.5 Å². The SMILES string of the molecule is CC1(C)OB(c2ccc3c(c2)C(F)(F)OC(F)(F)O3)OC1(C)C.FC1(F)Oc2ccc(Br)cc2C(F)(F)O1. The molecule has 1 saturated heterocycles. The lowest BCUT2D eigenvalue weighted by Crippen LogP contribution is -2.42. The number of alkyl halides is 8. The monoisotopic (exact) mass is 620 g/mol. The second kappa shape index (κ2) is 8.94. The van der Waals surface area contributed by atoms with Crippen molar-refractivity contribution in [2.75, 3.05) is 0 Å². The first-order valence-electron chi connectivity index (χ1n) is 10.7. The minimum Gasteiger partial charge on any atom is -0.409 e. The van der Waals surface area contributed by atoms with Gasteiger partial charge in [0.2, 0.25) is 0 Å².